The molecule has 0 saturated heterocycles. The molecule has 0 N–H and O–H groups in total. The van der Waals surface area contributed by atoms with Gasteiger partial charge in [0.25, 0.3) is 0 Å². The molecule has 0 atom stereocenters. The Labute approximate surface area is 154 Å². The quantitative estimate of drug-likeness (QED) is 0.275. The highest BCUT2D eigenvalue weighted by Crippen LogP contribution is 2.31. The molecule has 0 unspecified atom stereocenters. The van der Waals surface area contributed by atoms with Crippen LogP contribution in [0.2, 0.25) is 0 Å². The van der Waals surface area contributed by atoms with Gasteiger partial charge in [0.05, 0.1) is 12.2 Å². The van der Waals surface area contributed by atoms with Crippen LogP contribution in [0.1, 0.15) is 31.7 Å². The number of rotatable bonds is 7. The van der Waals surface area contributed by atoms with E-state index < -0.39 is 0 Å². The zero-order valence-corrected chi connectivity index (χ0v) is 15.7. The third-order valence-electron chi connectivity index (χ3n) is 4.16. The minimum absolute atomic E-state index is 0.702. The number of fused-ring (bicyclic) bond motifs is 1. The first-order valence-corrected chi connectivity index (χ1v) is 9.10. The van der Waals surface area contributed by atoms with Crippen LogP contribution in [0.25, 0.3) is 10.8 Å². The second-order valence-corrected chi connectivity index (χ2v) is 6.46. The molecule has 0 fully saturated rings. The molecule has 0 aliphatic rings. The Morgan fingerprint density at radius 1 is 1.15 bits per heavy atom. The number of ether oxygens (including phenoxy) is 1. The summed E-state index contributed by atoms with van der Waals surface area (Å²) in [4.78, 5) is 4.18. The van der Waals surface area contributed by atoms with Crippen molar-refractivity contribution >= 4 is 16.6 Å². The lowest BCUT2D eigenvalue weighted by molar-refractivity contribution is 0.309. The summed E-state index contributed by atoms with van der Waals surface area (Å²) in [6.45, 7) is 2.90. The molecule has 0 radical (unpaired) electrons. The molecular weight excluding hydrogens is 324 g/mol. The molecule has 3 aromatic rings. The molecule has 26 heavy (non-hydrogen) atoms. The van der Waals surface area contributed by atoms with E-state index in [9.17, 15) is 0 Å². The van der Waals surface area contributed by atoms with Crippen molar-refractivity contribution in [2.24, 2.45) is 5.10 Å². The predicted molar refractivity (Wildman–Crippen MR) is 107 cm³/mol. The highest BCUT2D eigenvalue weighted by molar-refractivity contribution is 6.07. The summed E-state index contributed by atoms with van der Waals surface area (Å²) < 4.78 is 8.20. The summed E-state index contributed by atoms with van der Waals surface area (Å²) in [6, 6.07) is 12.5. The molecule has 0 saturated carbocycles. The van der Waals surface area contributed by atoms with Crippen molar-refractivity contribution in [3.8, 4) is 5.75 Å². The van der Waals surface area contributed by atoms with Gasteiger partial charge in [-0.15, -0.1) is 0 Å². The molecule has 3 rings (SSSR count). The van der Waals surface area contributed by atoms with Gasteiger partial charge in [0.2, 0.25) is 0 Å². The number of aromatic nitrogens is 2. The van der Waals surface area contributed by atoms with Gasteiger partial charge in [-0.2, -0.15) is 5.10 Å². The number of unbranched alkanes of at least 4 members (excludes halogenated alkanes) is 2. The van der Waals surface area contributed by atoms with E-state index >= 15 is 0 Å². The van der Waals surface area contributed by atoms with Crippen molar-refractivity contribution in [2.75, 3.05) is 20.7 Å². The van der Waals surface area contributed by atoms with Crippen LogP contribution in [0.3, 0.4) is 0 Å². The van der Waals surface area contributed by atoms with Gasteiger partial charge in [0, 0.05) is 31.9 Å². The Hall–Kier alpha value is -2.82. The molecule has 136 valence electrons. The number of hydrogen-bond donors (Lipinski definition) is 0. The van der Waals surface area contributed by atoms with Crippen LogP contribution in [0.5, 0.6) is 5.75 Å². The van der Waals surface area contributed by atoms with Crippen LogP contribution < -0.4 is 4.74 Å². The molecule has 0 aliphatic heterocycles. The topological polar surface area (TPSA) is 42.6 Å². The highest BCUT2D eigenvalue weighted by Gasteiger charge is 2.16. The van der Waals surface area contributed by atoms with Crippen LogP contribution in [0.4, 0.5) is 0 Å². The van der Waals surface area contributed by atoms with E-state index in [-0.39, 0.29) is 0 Å². The first-order chi connectivity index (χ1) is 12.7. The molecule has 1 heterocycles. The zero-order valence-electron chi connectivity index (χ0n) is 15.7. The largest absolute Gasteiger partial charge is 0.492 e. The van der Waals surface area contributed by atoms with Crippen LogP contribution in [-0.4, -0.2) is 41.1 Å². The van der Waals surface area contributed by atoms with Gasteiger partial charge in [0.15, 0.2) is 5.84 Å². The fourth-order valence-electron chi connectivity index (χ4n) is 2.92. The third kappa shape index (κ3) is 4.04. The standard InChI is InChI=1S/C21H26N4O/c1-4-5-8-15-26-20-18-10-7-6-9-17(18)11-12-19(20)21(23-24(2)3)25-14-13-22-16-25/h6-7,9-14,16H,4-5,8,15H2,1-3H3. The predicted octanol–water partition coefficient (Wildman–Crippen LogP) is 4.38. The second-order valence-electron chi connectivity index (χ2n) is 6.46. The van der Waals surface area contributed by atoms with Crippen molar-refractivity contribution < 1.29 is 4.74 Å². The smallest absolute Gasteiger partial charge is 0.169 e. The number of benzene rings is 2. The summed E-state index contributed by atoms with van der Waals surface area (Å²) >= 11 is 0. The van der Waals surface area contributed by atoms with Crippen LogP contribution >= 0.6 is 0 Å². The lowest BCUT2D eigenvalue weighted by atomic mass is 10.0. The summed E-state index contributed by atoms with van der Waals surface area (Å²) in [6.07, 6.45) is 8.81. The summed E-state index contributed by atoms with van der Waals surface area (Å²) in [5.41, 5.74) is 0.965. The van der Waals surface area contributed by atoms with Gasteiger partial charge in [0.1, 0.15) is 12.1 Å². The van der Waals surface area contributed by atoms with Crippen LogP contribution in [-0.2, 0) is 0 Å². The van der Waals surface area contributed by atoms with Gasteiger partial charge in [-0.05, 0) is 17.9 Å². The average molecular weight is 350 g/mol. The molecule has 0 bridgehead atoms. The molecular formula is C21H26N4O. The third-order valence-corrected chi connectivity index (χ3v) is 4.16. The summed E-state index contributed by atoms with van der Waals surface area (Å²) in [5, 5.41) is 8.76. The maximum absolute atomic E-state index is 6.28. The van der Waals surface area contributed by atoms with Gasteiger partial charge in [-0.1, -0.05) is 50.1 Å². The van der Waals surface area contributed by atoms with Crippen molar-refractivity contribution in [3.05, 3.63) is 60.7 Å². The molecule has 5 nitrogen and oxygen atoms in total. The van der Waals surface area contributed by atoms with Crippen molar-refractivity contribution in [1.29, 1.82) is 0 Å². The molecule has 0 amide bonds. The Bertz CT molecular complexity index is 869. The fourth-order valence-corrected chi connectivity index (χ4v) is 2.92. The number of hydrogen-bond acceptors (Lipinski definition) is 4. The van der Waals surface area contributed by atoms with E-state index in [0.29, 0.717) is 6.61 Å². The lowest BCUT2D eigenvalue weighted by Gasteiger charge is -2.18. The second kappa shape index (κ2) is 8.52. The number of imidazole rings is 1. The van der Waals surface area contributed by atoms with Gasteiger partial charge in [-0.3, -0.25) is 4.57 Å². The minimum Gasteiger partial charge on any atom is -0.492 e. The Kier molecular flexibility index (Phi) is 5.89. The summed E-state index contributed by atoms with van der Waals surface area (Å²) in [5.74, 6) is 1.68. The van der Waals surface area contributed by atoms with Crippen molar-refractivity contribution in [1.82, 2.24) is 14.6 Å². The Balaban J connectivity index is 2.10. The van der Waals surface area contributed by atoms with E-state index in [1.165, 1.54) is 12.8 Å². The normalized spacial score (nSPS) is 11.7. The SMILES string of the molecule is CCCCCOc1c(C(=NN(C)C)n2ccnc2)ccc2ccccc12. The summed E-state index contributed by atoms with van der Waals surface area (Å²) in [7, 11) is 3.83. The van der Waals surface area contributed by atoms with Gasteiger partial charge >= 0.3 is 0 Å². The molecule has 0 aliphatic carbocycles. The van der Waals surface area contributed by atoms with Gasteiger partial charge in [-0.25, -0.2) is 4.98 Å². The molecule has 1 aromatic heterocycles. The highest BCUT2D eigenvalue weighted by atomic mass is 16.5. The minimum atomic E-state index is 0.702. The van der Waals surface area contributed by atoms with E-state index in [4.69, 9.17) is 9.84 Å². The maximum Gasteiger partial charge on any atom is 0.169 e. The Morgan fingerprint density at radius 2 is 2.00 bits per heavy atom. The fraction of sp³-hybridized carbons (Fsp3) is 0.333. The lowest BCUT2D eigenvalue weighted by Crippen LogP contribution is -2.18. The maximum atomic E-state index is 6.28. The number of nitrogens with zero attached hydrogens (tertiary/aromatic N) is 4. The van der Waals surface area contributed by atoms with E-state index in [0.717, 1.165) is 34.3 Å². The van der Waals surface area contributed by atoms with E-state index in [1.807, 2.05) is 37.0 Å². The van der Waals surface area contributed by atoms with E-state index in [2.05, 4.69) is 36.2 Å². The monoisotopic (exact) mass is 350 g/mol. The van der Waals surface area contributed by atoms with Crippen molar-refractivity contribution in [2.45, 2.75) is 26.2 Å². The van der Waals surface area contributed by atoms with Crippen LogP contribution in [0.15, 0.2) is 60.2 Å². The molecule has 0 spiro atoms. The number of hydrazone groups is 1. The molecule has 5 heteroatoms. The Morgan fingerprint density at radius 3 is 2.73 bits per heavy atom. The zero-order chi connectivity index (χ0) is 18.4. The van der Waals surface area contributed by atoms with Crippen LogP contribution in [0, 0.1) is 0 Å². The first kappa shape index (κ1) is 18.0. The van der Waals surface area contributed by atoms with E-state index in [1.54, 1.807) is 17.5 Å². The molecule has 2 aromatic carbocycles. The average Bonchev–Trinajstić information content (AvgIpc) is 3.17. The first-order valence-electron chi connectivity index (χ1n) is 9.10. The van der Waals surface area contributed by atoms with Gasteiger partial charge < -0.3 is 9.75 Å². The van der Waals surface area contributed by atoms with Crippen molar-refractivity contribution in [3.63, 3.8) is 0 Å².